The van der Waals surface area contributed by atoms with Crippen LogP contribution in [-0.4, -0.2) is 43.7 Å². The molecule has 0 aromatic carbocycles. The minimum absolute atomic E-state index is 0.145. The maximum Gasteiger partial charge on any atom is 0.227 e. The molecule has 1 saturated heterocycles. The van der Waals surface area contributed by atoms with Gasteiger partial charge in [0.2, 0.25) is 5.91 Å². The second-order valence-corrected chi connectivity index (χ2v) is 6.62. The maximum atomic E-state index is 12.6. The van der Waals surface area contributed by atoms with Crippen LogP contribution in [0.5, 0.6) is 0 Å². The number of carbonyl (C=O) groups is 1. The fourth-order valence-electron chi connectivity index (χ4n) is 3.50. The topological polar surface area (TPSA) is 76.5 Å². The SMILES string of the molecule is Cc1noc(C)c1CC(=O)N1CCC(c2ccn3nccc3n2)CC1. The number of nitrogens with zero attached hydrogens (tertiary/aromatic N) is 5. The molecule has 4 heterocycles. The van der Waals surface area contributed by atoms with Gasteiger partial charge in [0.05, 0.1) is 18.3 Å². The van der Waals surface area contributed by atoms with Gasteiger partial charge in [0.15, 0.2) is 5.65 Å². The van der Waals surface area contributed by atoms with Crippen LogP contribution in [-0.2, 0) is 11.2 Å². The molecule has 7 heteroatoms. The lowest BCUT2D eigenvalue weighted by molar-refractivity contribution is -0.131. The molecule has 0 aliphatic carbocycles. The highest BCUT2D eigenvalue weighted by Gasteiger charge is 2.26. The average Bonchev–Trinajstić information content (AvgIpc) is 3.22. The lowest BCUT2D eigenvalue weighted by Gasteiger charge is -2.31. The molecule has 1 aliphatic heterocycles. The molecule has 0 radical (unpaired) electrons. The van der Waals surface area contributed by atoms with E-state index >= 15 is 0 Å². The summed E-state index contributed by atoms with van der Waals surface area (Å²) in [6, 6.07) is 3.94. The van der Waals surface area contributed by atoms with Crippen LogP contribution < -0.4 is 0 Å². The lowest BCUT2D eigenvalue weighted by atomic mass is 9.93. The third kappa shape index (κ3) is 3.01. The predicted octanol–water partition coefficient (Wildman–Crippen LogP) is 2.28. The molecule has 0 unspecified atom stereocenters. The van der Waals surface area contributed by atoms with Crippen molar-refractivity contribution in [3.05, 3.63) is 47.2 Å². The van der Waals surface area contributed by atoms with Crippen LogP contribution in [0, 0.1) is 13.8 Å². The summed E-state index contributed by atoms with van der Waals surface area (Å²) in [6.45, 7) is 5.26. The van der Waals surface area contributed by atoms with Gasteiger partial charge in [-0.1, -0.05) is 5.16 Å². The average molecular weight is 339 g/mol. The third-order valence-corrected chi connectivity index (χ3v) is 5.05. The molecule has 0 N–H and O–H groups in total. The number of hydrogen-bond donors (Lipinski definition) is 0. The number of piperidine rings is 1. The van der Waals surface area contributed by atoms with Crippen molar-refractivity contribution in [3.8, 4) is 0 Å². The first-order valence-electron chi connectivity index (χ1n) is 8.61. The molecule has 0 spiro atoms. The van der Waals surface area contributed by atoms with Crippen LogP contribution in [0.1, 0.15) is 41.5 Å². The van der Waals surface area contributed by atoms with Crippen molar-refractivity contribution in [1.82, 2.24) is 24.7 Å². The van der Waals surface area contributed by atoms with Crippen LogP contribution in [0.25, 0.3) is 5.65 Å². The number of fused-ring (bicyclic) bond motifs is 1. The normalized spacial score (nSPS) is 15.8. The highest BCUT2D eigenvalue weighted by atomic mass is 16.5. The molecule has 1 amide bonds. The van der Waals surface area contributed by atoms with Crippen LogP contribution >= 0.6 is 0 Å². The standard InChI is InChI=1S/C18H21N5O2/c1-12-15(13(2)25-21-12)11-18(24)22-8-4-14(5-9-22)16-6-10-23-17(20-16)3-7-19-23/h3,6-7,10,14H,4-5,8-9,11H2,1-2H3. The molecule has 4 rings (SSSR count). The molecule has 0 saturated carbocycles. The molecule has 25 heavy (non-hydrogen) atoms. The molecule has 1 fully saturated rings. The van der Waals surface area contributed by atoms with E-state index in [0.29, 0.717) is 12.3 Å². The zero-order valence-corrected chi connectivity index (χ0v) is 14.5. The highest BCUT2D eigenvalue weighted by molar-refractivity contribution is 5.79. The molecule has 7 nitrogen and oxygen atoms in total. The molecule has 3 aromatic heterocycles. The fraction of sp³-hybridized carbons (Fsp3) is 0.444. The van der Waals surface area contributed by atoms with Gasteiger partial charge in [-0.2, -0.15) is 5.10 Å². The van der Waals surface area contributed by atoms with Crippen molar-refractivity contribution in [3.63, 3.8) is 0 Å². The number of aryl methyl sites for hydroxylation is 2. The van der Waals surface area contributed by atoms with Crippen LogP contribution in [0.2, 0.25) is 0 Å². The van der Waals surface area contributed by atoms with Crippen LogP contribution in [0.15, 0.2) is 29.0 Å². The second kappa shape index (κ2) is 6.31. The van der Waals surface area contributed by atoms with E-state index in [1.54, 1.807) is 10.7 Å². The van der Waals surface area contributed by atoms with Crippen molar-refractivity contribution in [1.29, 1.82) is 0 Å². The lowest BCUT2D eigenvalue weighted by Crippen LogP contribution is -2.39. The van der Waals surface area contributed by atoms with Gasteiger partial charge in [-0.05, 0) is 32.8 Å². The van der Waals surface area contributed by atoms with Gasteiger partial charge in [0, 0.05) is 42.5 Å². The quantitative estimate of drug-likeness (QED) is 0.732. The Hall–Kier alpha value is -2.70. The summed E-state index contributed by atoms with van der Waals surface area (Å²) >= 11 is 0. The van der Waals surface area contributed by atoms with E-state index in [1.807, 2.05) is 37.1 Å². The number of rotatable bonds is 3. The molecule has 0 atom stereocenters. The Morgan fingerprint density at radius 3 is 2.80 bits per heavy atom. The molecule has 130 valence electrons. The molecule has 3 aromatic rings. The number of aromatic nitrogens is 4. The van der Waals surface area contributed by atoms with Crippen LogP contribution in [0.3, 0.4) is 0 Å². The Morgan fingerprint density at radius 1 is 1.28 bits per heavy atom. The highest BCUT2D eigenvalue weighted by Crippen LogP contribution is 2.27. The van der Waals surface area contributed by atoms with Gasteiger partial charge >= 0.3 is 0 Å². The van der Waals surface area contributed by atoms with Gasteiger partial charge in [-0.15, -0.1) is 0 Å². The van der Waals surface area contributed by atoms with Crippen molar-refractivity contribution in [2.75, 3.05) is 13.1 Å². The number of amides is 1. The Kier molecular flexibility index (Phi) is 3.99. The van der Waals surface area contributed by atoms with Crippen molar-refractivity contribution in [2.24, 2.45) is 0 Å². The Morgan fingerprint density at radius 2 is 2.08 bits per heavy atom. The first-order valence-corrected chi connectivity index (χ1v) is 8.61. The van der Waals surface area contributed by atoms with Crippen molar-refractivity contribution in [2.45, 2.75) is 39.0 Å². The molecular formula is C18H21N5O2. The Bertz CT molecular complexity index is 886. The summed E-state index contributed by atoms with van der Waals surface area (Å²) in [6.07, 6.45) is 5.94. The van der Waals surface area contributed by atoms with Gasteiger partial charge in [-0.25, -0.2) is 9.50 Å². The first-order chi connectivity index (χ1) is 12.1. The summed E-state index contributed by atoms with van der Waals surface area (Å²) in [4.78, 5) is 19.2. The van der Waals surface area contributed by atoms with E-state index in [1.165, 1.54) is 0 Å². The fourth-order valence-corrected chi connectivity index (χ4v) is 3.50. The van der Waals surface area contributed by atoms with Crippen molar-refractivity contribution >= 4 is 11.6 Å². The minimum atomic E-state index is 0.145. The van der Waals surface area contributed by atoms with Gasteiger partial charge in [0.25, 0.3) is 0 Å². The largest absolute Gasteiger partial charge is 0.361 e. The second-order valence-electron chi connectivity index (χ2n) is 6.62. The summed E-state index contributed by atoms with van der Waals surface area (Å²) in [5.74, 6) is 1.27. The molecular weight excluding hydrogens is 318 g/mol. The summed E-state index contributed by atoms with van der Waals surface area (Å²) in [5, 5.41) is 8.10. The smallest absolute Gasteiger partial charge is 0.227 e. The maximum absolute atomic E-state index is 12.6. The zero-order chi connectivity index (χ0) is 17.4. The van der Waals surface area contributed by atoms with Gasteiger partial charge in [0.1, 0.15) is 5.76 Å². The van der Waals surface area contributed by atoms with Crippen molar-refractivity contribution < 1.29 is 9.32 Å². The van der Waals surface area contributed by atoms with E-state index in [0.717, 1.165) is 54.3 Å². The van der Waals surface area contributed by atoms with E-state index in [9.17, 15) is 4.79 Å². The number of hydrogen-bond acceptors (Lipinski definition) is 5. The molecule has 0 bridgehead atoms. The Balaban J connectivity index is 1.40. The van der Waals surface area contributed by atoms with Gasteiger partial charge < -0.3 is 9.42 Å². The predicted molar refractivity (Wildman–Crippen MR) is 91.2 cm³/mol. The van der Waals surface area contributed by atoms with Crippen LogP contribution in [0.4, 0.5) is 0 Å². The summed E-state index contributed by atoms with van der Waals surface area (Å²) in [7, 11) is 0. The monoisotopic (exact) mass is 339 g/mol. The number of carbonyl (C=O) groups excluding carboxylic acids is 1. The van der Waals surface area contributed by atoms with E-state index < -0.39 is 0 Å². The number of likely N-dealkylation sites (tertiary alicyclic amines) is 1. The van der Waals surface area contributed by atoms with Gasteiger partial charge in [-0.3, -0.25) is 4.79 Å². The third-order valence-electron chi connectivity index (χ3n) is 5.05. The van der Waals surface area contributed by atoms with E-state index in [4.69, 9.17) is 4.52 Å². The minimum Gasteiger partial charge on any atom is -0.361 e. The summed E-state index contributed by atoms with van der Waals surface area (Å²) < 4.78 is 6.92. The van der Waals surface area contributed by atoms with E-state index in [2.05, 4.69) is 15.2 Å². The molecule has 1 aliphatic rings. The van der Waals surface area contributed by atoms with E-state index in [-0.39, 0.29) is 5.91 Å². The first kappa shape index (κ1) is 15.8. The summed E-state index contributed by atoms with van der Waals surface area (Å²) in [5.41, 5.74) is 3.68. The zero-order valence-electron chi connectivity index (χ0n) is 14.5. The Labute approximate surface area is 145 Å².